The lowest BCUT2D eigenvalue weighted by Crippen LogP contribution is -2.18. The van der Waals surface area contributed by atoms with Crippen LogP contribution in [0.2, 0.25) is 0 Å². The van der Waals surface area contributed by atoms with E-state index in [1.54, 1.807) is 18.3 Å². The monoisotopic (exact) mass is 475 g/mol. The summed E-state index contributed by atoms with van der Waals surface area (Å²) in [5.74, 6) is 0.156. The fourth-order valence-corrected chi connectivity index (χ4v) is 3.84. The zero-order valence-electron chi connectivity index (χ0n) is 17.3. The van der Waals surface area contributed by atoms with Crippen LogP contribution in [0.5, 0.6) is 5.75 Å². The van der Waals surface area contributed by atoms with Gasteiger partial charge in [0.05, 0.1) is 18.9 Å². The van der Waals surface area contributed by atoms with Crippen LogP contribution in [0, 0.1) is 6.92 Å². The predicted molar refractivity (Wildman–Crippen MR) is 128 cm³/mol. The normalized spacial score (nSPS) is 11.2. The standard InChI is InChI=1S/C25H22BrN3O2/c1-17-7-9-18(10-8-17)15-29-16-19(21-5-3-4-6-23(21)29)14-27-28-25(30)22-13-20(26)11-12-24(22)31-2/h3-14,16H,15H2,1-2H3,(H,28,30)/b27-14-. The molecule has 31 heavy (non-hydrogen) atoms. The number of hydrogen-bond donors (Lipinski definition) is 1. The van der Waals surface area contributed by atoms with Gasteiger partial charge in [0.25, 0.3) is 5.91 Å². The number of methoxy groups -OCH3 is 1. The Morgan fingerprint density at radius 3 is 2.68 bits per heavy atom. The molecule has 1 amide bonds. The molecule has 0 spiro atoms. The number of hydrazone groups is 1. The predicted octanol–water partition coefficient (Wildman–Crippen LogP) is 5.53. The van der Waals surface area contributed by atoms with Gasteiger partial charge in [0.15, 0.2) is 0 Å². The molecule has 0 saturated carbocycles. The number of rotatable bonds is 6. The van der Waals surface area contributed by atoms with Gasteiger partial charge in [-0.2, -0.15) is 5.10 Å². The van der Waals surface area contributed by atoms with Crippen molar-refractivity contribution in [2.75, 3.05) is 7.11 Å². The second-order valence-electron chi connectivity index (χ2n) is 7.26. The van der Waals surface area contributed by atoms with Gasteiger partial charge in [-0.25, -0.2) is 5.43 Å². The summed E-state index contributed by atoms with van der Waals surface area (Å²) in [7, 11) is 1.53. The minimum Gasteiger partial charge on any atom is -0.496 e. The Morgan fingerprint density at radius 2 is 1.90 bits per heavy atom. The molecule has 1 heterocycles. The van der Waals surface area contributed by atoms with Gasteiger partial charge in [0.1, 0.15) is 5.75 Å². The first-order valence-electron chi connectivity index (χ1n) is 9.85. The summed E-state index contributed by atoms with van der Waals surface area (Å²) in [5, 5.41) is 5.27. The molecule has 0 fully saturated rings. The van der Waals surface area contributed by atoms with Gasteiger partial charge in [-0.1, -0.05) is 64.0 Å². The first-order chi connectivity index (χ1) is 15.0. The lowest BCUT2D eigenvalue weighted by atomic mass is 10.1. The Morgan fingerprint density at radius 1 is 1.13 bits per heavy atom. The Bertz CT molecular complexity index is 1260. The van der Waals surface area contributed by atoms with E-state index in [2.05, 4.69) is 80.5 Å². The van der Waals surface area contributed by atoms with Crippen LogP contribution in [-0.4, -0.2) is 23.8 Å². The molecular weight excluding hydrogens is 454 g/mol. The lowest BCUT2D eigenvalue weighted by molar-refractivity contribution is 0.0952. The quantitative estimate of drug-likeness (QED) is 0.294. The molecule has 6 heteroatoms. The third-order valence-corrected chi connectivity index (χ3v) is 5.56. The van der Waals surface area contributed by atoms with Crippen molar-refractivity contribution in [3.63, 3.8) is 0 Å². The van der Waals surface area contributed by atoms with Crippen molar-refractivity contribution in [2.24, 2.45) is 5.10 Å². The minimum atomic E-state index is -0.335. The van der Waals surface area contributed by atoms with E-state index in [0.29, 0.717) is 11.3 Å². The number of nitrogens with zero attached hydrogens (tertiary/aromatic N) is 2. The second kappa shape index (κ2) is 9.18. The van der Waals surface area contributed by atoms with E-state index in [1.807, 2.05) is 18.2 Å². The molecule has 4 rings (SSSR count). The molecule has 0 radical (unpaired) electrons. The highest BCUT2D eigenvalue weighted by atomic mass is 79.9. The largest absolute Gasteiger partial charge is 0.496 e. The van der Waals surface area contributed by atoms with Crippen LogP contribution in [0.3, 0.4) is 0 Å². The third kappa shape index (κ3) is 4.70. The summed E-state index contributed by atoms with van der Waals surface area (Å²) >= 11 is 3.38. The Hall–Kier alpha value is -3.38. The maximum absolute atomic E-state index is 12.6. The summed E-state index contributed by atoms with van der Waals surface area (Å²) < 4.78 is 8.26. The highest BCUT2D eigenvalue weighted by Gasteiger charge is 2.12. The molecule has 0 atom stereocenters. The van der Waals surface area contributed by atoms with Gasteiger partial charge < -0.3 is 9.30 Å². The average molecular weight is 476 g/mol. The summed E-state index contributed by atoms with van der Waals surface area (Å²) in [6.07, 6.45) is 3.73. The van der Waals surface area contributed by atoms with Gasteiger partial charge >= 0.3 is 0 Å². The summed E-state index contributed by atoms with van der Waals surface area (Å²) in [6.45, 7) is 2.84. The lowest BCUT2D eigenvalue weighted by Gasteiger charge is -2.07. The topological polar surface area (TPSA) is 55.6 Å². The molecule has 0 saturated heterocycles. The van der Waals surface area contributed by atoms with Gasteiger partial charge in [-0.3, -0.25) is 4.79 Å². The van der Waals surface area contributed by atoms with Crippen LogP contribution in [0.15, 0.2) is 82.5 Å². The van der Waals surface area contributed by atoms with Gasteiger partial charge in [-0.05, 0) is 36.8 Å². The second-order valence-corrected chi connectivity index (χ2v) is 8.17. The smallest absolute Gasteiger partial charge is 0.275 e. The summed E-state index contributed by atoms with van der Waals surface area (Å²) in [4.78, 5) is 12.6. The number of benzene rings is 3. The van der Waals surface area contributed by atoms with Crippen molar-refractivity contribution in [3.05, 3.63) is 99.7 Å². The Labute approximate surface area is 189 Å². The van der Waals surface area contributed by atoms with Gasteiger partial charge in [0.2, 0.25) is 0 Å². The van der Waals surface area contributed by atoms with E-state index in [9.17, 15) is 4.79 Å². The van der Waals surface area contributed by atoms with E-state index >= 15 is 0 Å². The number of halogens is 1. The number of para-hydroxylation sites is 1. The highest BCUT2D eigenvalue weighted by molar-refractivity contribution is 9.10. The molecule has 0 aliphatic heterocycles. The van der Waals surface area contributed by atoms with Crippen LogP contribution < -0.4 is 10.2 Å². The molecule has 0 bridgehead atoms. The number of nitrogens with one attached hydrogen (secondary N) is 1. The van der Waals surface area contributed by atoms with Crippen molar-refractivity contribution < 1.29 is 9.53 Å². The molecule has 1 aromatic heterocycles. The third-order valence-electron chi connectivity index (χ3n) is 5.07. The summed E-state index contributed by atoms with van der Waals surface area (Å²) in [5.41, 5.74) is 7.53. The van der Waals surface area contributed by atoms with Gasteiger partial charge in [-0.15, -0.1) is 0 Å². The fraction of sp³-hybridized carbons (Fsp3) is 0.120. The number of aryl methyl sites for hydroxylation is 1. The van der Waals surface area contributed by atoms with Crippen molar-refractivity contribution >= 4 is 39.0 Å². The number of ether oxygens (including phenoxy) is 1. The van der Waals surface area contributed by atoms with Crippen LogP contribution >= 0.6 is 15.9 Å². The van der Waals surface area contributed by atoms with E-state index in [0.717, 1.165) is 27.5 Å². The van der Waals surface area contributed by atoms with Crippen molar-refractivity contribution in [3.8, 4) is 5.75 Å². The molecule has 0 aliphatic carbocycles. The zero-order valence-corrected chi connectivity index (χ0v) is 18.9. The van der Waals surface area contributed by atoms with E-state index in [4.69, 9.17) is 4.74 Å². The van der Waals surface area contributed by atoms with Crippen LogP contribution in [0.4, 0.5) is 0 Å². The van der Waals surface area contributed by atoms with Crippen LogP contribution in [0.25, 0.3) is 10.9 Å². The summed E-state index contributed by atoms with van der Waals surface area (Å²) in [6, 6.07) is 22.0. The van der Waals surface area contributed by atoms with Gasteiger partial charge in [0, 0.05) is 33.7 Å². The molecule has 3 aromatic carbocycles. The number of carbonyl (C=O) groups is 1. The molecule has 5 nitrogen and oxygen atoms in total. The van der Waals surface area contributed by atoms with Crippen molar-refractivity contribution in [2.45, 2.75) is 13.5 Å². The number of amides is 1. The number of hydrogen-bond acceptors (Lipinski definition) is 3. The number of aromatic nitrogens is 1. The molecule has 0 unspecified atom stereocenters. The average Bonchev–Trinajstić information content (AvgIpc) is 3.12. The van der Waals surface area contributed by atoms with Crippen molar-refractivity contribution in [1.82, 2.24) is 9.99 Å². The molecular formula is C25H22BrN3O2. The Kier molecular flexibility index (Phi) is 6.18. The molecule has 0 aliphatic rings. The first kappa shape index (κ1) is 20.9. The zero-order chi connectivity index (χ0) is 21.8. The molecule has 4 aromatic rings. The minimum absolute atomic E-state index is 0.335. The first-order valence-corrected chi connectivity index (χ1v) is 10.6. The van der Waals surface area contributed by atoms with Crippen molar-refractivity contribution in [1.29, 1.82) is 0 Å². The van der Waals surface area contributed by atoms with E-state index < -0.39 is 0 Å². The van der Waals surface area contributed by atoms with E-state index in [1.165, 1.54) is 18.2 Å². The molecule has 156 valence electrons. The van der Waals surface area contributed by atoms with E-state index in [-0.39, 0.29) is 5.91 Å². The maximum atomic E-state index is 12.6. The number of fused-ring (bicyclic) bond motifs is 1. The maximum Gasteiger partial charge on any atom is 0.275 e. The SMILES string of the molecule is COc1ccc(Br)cc1C(=O)N/N=C\c1cn(Cc2ccc(C)cc2)c2ccccc12. The Balaban J connectivity index is 1.57. The highest BCUT2D eigenvalue weighted by Crippen LogP contribution is 2.23. The van der Waals surface area contributed by atoms with Crippen LogP contribution in [-0.2, 0) is 6.54 Å². The number of carbonyl (C=O) groups excluding carboxylic acids is 1. The van der Waals surface area contributed by atoms with Crippen LogP contribution in [0.1, 0.15) is 27.0 Å². The molecule has 1 N–H and O–H groups in total. The fourth-order valence-electron chi connectivity index (χ4n) is 3.48.